The number of carbonyl (C=O) groups is 2. The summed E-state index contributed by atoms with van der Waals surface area (Å²) in [5.41, 5.74) is 5.17. The van der Waals surface area contributed by atoms with Crippen molar-refractivity contribution in [1.29, 1.82) is 0 Å². The maximum atomic E-state index is 12.6. The van der Waals surface area contributed by atoms with Crippen molar-refractivity contribution in [1.82, 2.24) is 14.9 Å². The summed E-state index contributed by atoms with van der Waals surface area (Å²) in [6, 6.07) is 15.6. The van der Waals surface area contributed by atoms with E-state index >= 15 is 0 Å². The van der Waals surface area contributed by atoms with Gasteiger partial charge in [0.1, 0.15) is 6.61 Å². The summed E-state index contributed by atoms with van der Waals surface area (Å²) in [6.07, 6.45) is 2.30. The first kappa shape index (κ1) is 20.7. The molecule has 0 radical (unpaired) electrons. The Hall–Kier alpha value is -3.61. The van der Waals surface area contributed by atoms with Gasteiger partial charge in [-0.25, -0.2) is 9.78 Å². The van der Waals surface area contributed by atoms with Gasteiger partial charge in [0.25, 0.3) is 0 Å². The number of nitrogens with one attached hydrogen (secondary N) is 1. The van der Waals surface area contributed by atoms with Gasteiger partial charge in [-0.2, -0.15) is 0 Å². The highest BCUT2D eigenvalue weighted by atomic mass is 16.5. The average molecular weight is 419 g/mol. The molecule has 0 saturated heterocycles. The average Bonchev–Trinajstić information content (AvgIpc) is 3.35. The number of hydrogen-bond donors (Lipinski definition) is 2. The van der Waals surface area contributed by atoms with E-state index in [4.69, 9.17) is 4.74 Å². The molecule has 0 unspecified atom stereocenters. The van der Waals surface area contributed by atoms with E-state index in [-0.39, 0.29) is 25.0 Å². The highest BCUT2D eigenvalue weighted by molar-refractivity contribution is 5.79. The fourth-order valence-electron chi connectivity index (χ4n) is 4.20. The monoisotopic (exact) mass is 419 g/mol. The second-order valence-corrected chi connectivity index (χ2v) is 7.94. The van der Waals surface area contributed by atoms with E-state index in [0.717, 1.165) is 22.3 Å². The Morgan fingerprint density at radius 1 is 1.10 bits per heavy atom. The van der Waals surface area contributed by atoms with Crippen LogP contribution >= 0.6 is 0 Å². The summed E-state index contributed by atoms with van der Waals surface area (Å²) in [5.74, 6) is -1.07. The first-order chi connectivity index (χ1) is 15.0. The molecule has 1 heterocycles. The van der Waals surface area contributed by atoms with Crippen LogP contribution in [-0.4, -0.2) is 33.3 Å². The number of carbonyl (C=O) groups excluding carboxylic acids is 1. The lowest BCUT2D eigenvalue weighted by Gasteiger charge is -2.21. The van der Waals surface area contributed by atoms with E-state index in [1.165, 1.54) is 0 Å². The number of fused-ring (bicyclic) bond motifs is 3. The van der Waals surface area contributed by atoms with Crippen LogP contribution in [0.1, 0.15) is 55.1 Å². The molecule has 7 nitrogen and oxygen atoms in total. The Balaban J connectivity index is 1.49. The zero-order chi connectivity index (χ0) is 22.0. The van der Waals surface area contributed by atoms with Crippen LogP contribution in [0.5, 0.6) is 0 Å². The summed E-state index contributed by atoms with van der Waals surface area (Å²) in [4.78, 5) is 28.1. The second-order valence-electron chi connectivity index (χ2n) is 7.94. The first-order valence-corrected chi connectivity index (χ1v) is 10.3. The third-order valence-electron chi connectivity index (χ3n) is 5.62. The number of hydrogen-bond acceptors (Lipinski definition) is 4. The van der Waals surface area contributed by atoms with E-state index in [2.05, 4.69) is 34.6 Å². The molecule has 1 amide bonds. The lowest BCUT2D eigenvalue weighted by atomic mass is 9.98. The largest absolute Gasteiger partial charge is 0.481 e. The zero-order valence-corrected chi connectivity index (χ0v) is 17.5. The van der Waals surface area contributed by atoms with Gasteiger partial charge in [0, 0.05) is 12.0 Å². The van der Waals surface area contributed by atoms with Gasteiger partial charge in [-0.3, -0.25) is 4.79 Å². The summed E-state index contributed by atoms with van der Waals surface area (Å²) in [5, 5.41) is 12.0. The van der Waals surface area contributed by atoms with Crippen molar-refractivity contribution in [3.63, 3.8) is 0 Å². The highest BCUT2D eigenvalue weighted by Gasteiger charge is 2.30. The van der Waals surface area contributed by atoms with Gasteiger partial charge in [-0.1, -0.05) is 48.5 Å². The van der Waals surface area contributed by atoms with E-state index in [1.807, 2.05) is 42.7 Å². The van der Waals surface area contributed by atoms with Crippen LogP contribution in [0.25, 0.3) is 11.1 Å². The molecule has 1 aliphatic rings. The predicted octanol–water partition coefficient (Wildman–Crippen LogP) is 4.52. The van der Waals surface area contributed by atoms with Crippen LogP contribution in [0, 0.1) is 0 Å². The predicted molar refractivity (Wildman–Crippen MR) is 116 cm³/mol. The van der Waals surface area contributed by atoms with E-state index in [9.17, 15) is 14.7 Å². The Kier molecular flexibility index (Phi) is 5.75. The number of alkyl carbamates (subject to hydrolysis) is 1. The lowest BCUT2D eigenvalue weighted by molar-refractivity contribution is -0.137. The van der Waals surface area contributed by atoms with Crippen molar-refractivity contribution in [3.05, 3.63) is 77.9 Å². The number of aromatic nitrogens is 2. The normalized spacial score (nSPS) is 13.5. The minimum Gasteiger partial charge on any atom is -0.481 e. The number of rotatable bonds is 7. The minimum atomic E-state index is -1.01. The molecule has 1 aromatic heterocycles. The summed E-state index contributed by atoms with van der Waals surface area (Å²) in [6.45, 7) is 4.11. The van der Waals surface area contributed by atoms with Crippen LogP contribution < -0.4 is 5.32 Å². The molecule has 1 aliphatic carbocycles. The number of nitrogens with zero attached hydrogens (tertiary/aromatic N) is 2. The lowest BCUT2D eigenvalue weighted by Crippen LogP contribution is -2.33. The molecule has 7 heteroatoms. The molecule has 2 N–H and O–H groups in total. The molecule has 0 saturated carbocycles. The van der Waals surface area contributed by atoms with Crippen molar-refractivity contribution in [2.45, 2.75) is 38.3 Å². The van der Waals surface area contributed by atoms with Crippen LogP contribution in [0.15, 0.2) is 61.1 Å². The molecule has 3 aromatic rings. The third-order valence-corrected chi connectivity index (χ3v) is 5.62. The van der Waals surface area contributed by atoms with Gasteiger partial charge in [-0.05, 0) is 36.1 Å². The standard InChI is InChI=1S/C24H25N3O4/c1-15(2)27-14-25-12-22(27)21(11-23(28)29)26-24(30)31-13-20-18-9-5-3-7-16(18)17-8-4-6-10-19(17)20/h3-10,12,14-15,20-21H,11,13H2,1-2H3,(H,26,30)(H,28,29)/t21-/m1/s1. The van der Waals surface area contributed by atoms with Gasteiger partial charge in [-0.15, -0.1) is 0 Å². The Labute approximate surface area is 180 Å². The Morgan fingerprint density at radius 3 is 2.29 bits per heavy atom. The Morgan fingerprint density at radius 2 is 1.71 bits per heavy atom. The fraction of sp³-hybridized carbons (Fsp3) is 0.292. The molecule has 1 atom stereocenters. The quantitative estimate of drug-likeness (QED) is 0.587. The maximum absolute atomic E-state index is 12.6. The van der Waals surface area contributed by atoms with Crippen molar-refractivity contribution in [3.8, 4) is 11.1 Å². The topological polar surface area (TPSA) is 93.5 Å². The summed E-state index contributed by atoms with van der Waals surface area (Å²) in [7, 11) is 0. The summed E-state index contributed by atoms with van der Waals surface area (Å²) >= 11 is 0. The van der Waals surface area contributed by atoms with Crippen LogP contribution in [-0.2, 0) is 9.53 Å². The number of benzene rings is 2. The molecule has 0 spiro atoms. The number of amides is 1. The summed E-state index contributed by atoms with van der Waals surface area (Å²) < 4.78 is 7.42. The smallest absolute Gasteiger partial charge is 0.407 e. The first-order valence-electron chi connectivity index (χ1n) is 10.3. The molecule has 0 bridgehead atoms. The van der Waals surface area contributed by atoms with Gasteiger partial charge in [0.15, 0.2) is 0 Å². The molecule has 0 fully saturated rings. The van der Waals surface area contributed by atoms with Crippen LogP contribution in [0.4, 0.5) is 4.79 Å². The van der Waals surface area contributed by atoms with Crippen molar-refractivity contribution in [2.75, 3.05) is 6.61 Å². The van der Waals surface area contributed by atoms with Gasteiger partial charge in [0.05, 0.1) is 30.7 Å². The van der Waals surface area contributed by atoms with Crippen LogP contribution in [0.3, 0.4) is 0 Å². The fourth-order valence-corrected chi connectivity index (χ4v) is 4.20. The number of aliphatic carboxylic acids is 1. The van der Waals surface area contributed by atoms with Crippen molar-refractivity contribution >= 4 is 12.1 Å². The number of ether oxygens (including phenoxy) is 1. The number of carboxylic acid groups (broad SMARTS) is 1. The zero-order valence-electron chi connectivity index (χ0n) is 17.5. The molecule has 160 valence electrons. The van der Waals surface area contributed by atoms with Gasteiger partial charge < -0.3 is 19.7 Å². The number of imidazole rings is 1. The highest BCUT2D eigenvalue weighted by Crippen LogP contribution is 2.44. The second kappa shape index (κ2) is 8.63. The van der Waals surface area contributed by atoms with E-state index in [1.54, 1.807) is 12.5 Å². The number of carboxylic acids is 1. The van der Waals surface area contributed by atoms with Gasteiger partial charge >= 0.3 is 12.1 Å². The van der Waals surface area contributed by atoms with Crippen molar-refractivity contribution < 1.29 is 19.4 Å². The molecule has 31 heavy (non-hydrogen) atoms. The Bertz CT molecular complexity index is 1060. The third kappa shape index (κ3) is 4.17. The minimum absolute atomic E-state index is 0.0581. The molecular formula is C24H25N3O4. The maximum Gasteiger partial charge on any atom is 0.407 e. The SMILES string of the molecule is CC(C)n1cncc1[C@@H](CC(=O)O)NC(=O)OCC1c2ccccc2-c2ccccc21. The molecule has 4 rings (SSSR count). The molecular weight excluding hydrogens is 394 g/mol. The van der Waals surface area contributed by atoms with Crippen LogP contribution in [0.2, 0.25) is 0 Å². The molecule has 0 aliphatic heterocycles. The van der Waals surface area contributed by atoms with E-state index in [0.29, 0.717) is 5.69 Å². The van der Waals surface area contributed by atoms with Crippen molar-refractivity contribution in [2.24, 2.45) is 0 Å². The van der Waals surface area contributed by atoms with E-state index < -0.39 is 18.1 Å². The molecule has 2 aromatic carbocycles. The van der Waals surface area contributed by atoms with Gasteiger partial charge in [0.2, 0.25) is 0 Å².